The summed E-state index contributed by atoms with van der Waals surface area (Å²) in [4.78, 5) is 2.23. The number of rotatable bonds is 10. The molecule has 0 spiro atoms. The number of hydrogen-bond donors (Lipinski definition) is 0. The lowest BCUT2D eigenvalue weighted by atomic mass is 9.82. The minimum absolute atomic E-state index is 0.190. The van der Waals surface area contributed by atoms with E-state index >= 15 is 0 Å². The number of nitrogens with zero attached hydrogens (tertiary/aromatic N) is 1. The van der Waals surface area contributed by atoms with Gasteiger partial charge in [0, 0.05) is 6.54 Å². The second kappa shape index (κ2) is 10.9. The third-order valence-corrected chi connectivity index (χ3v) is 8.79. The van der Waals surface area contributed by atoms with Crippen LogP contribution < -0.4 is 0 Å². The van der Waals surface area contributed by atoms with Gasteiger partial charge in [0.25, 0.3) is 0 Å². The van der Waals surface area contributed by atoms with Crippen LogP contribution in [-0.2, 0) is 22.7 Å². The lowest BCUT2D eigenvalue weighted by Crippen LogP contribution is -2.27. The second-order valence-corrected chi connectivity index (χ2v) is 11.5. The molecule has 0 radical (unpaired) electrons. The van der Waals surface area contributed by atoms with Gasteiger partial charge in [-0.05, 0) is 80.3 Å². The van der Waals surface area contributed by atoms with Gasteiger partial charge in [-0.25, -0.2) is 0 Å². The van der Waals surface area contributed by atoms with Crippen molar-refractivity contribution in [1.82, 2.24) is 4.90 Å². The van der Waals surface area contributed by atoms with Crippen LogP contribution in [0.2, 0.25) is 0 Å². The highest BCUT2D eigenvalue weighted by Crippen LogP contribution is 2.51. The van der Waals surface area contributed by atoms with Crippen molar-refractivity contribution in [2.24, 2.45) is 0 Å². The summed E-state index contributed by atoms with van der Waals surface area (Å²) in [5.74, 6) is 0. The molecule has 3 heteroatoms. The lowest BCUT2D eigenvalue weighted by Gasteiger charge is -2.31. The number of benzene rings is 2. The SMILES string of the molecule is CCCN(CCCc1c(C2(Cl)CCCC2)cccc1C1(Cl)CCCC1)Cc1ccccc1. The Hall–Kier alpha value is -1.02. The Labute approximate surface area is 205 Å². The zero-order chi connectivity index (χ0) is 22.4. The topological polar surface area (TPSA) is 3.24 Å². The highest BCUT2D eigenvalue weighted by Gasteiger charge is 2.40. The third-order valence-electron chi connectivity index (χ3n) is 7.62. The van der Waals surface area contributed by atoms with Gasteiger partial charge < -0.3 is 0 Å². The molecule has 2 fully saturated rings. The van der Waals surface area contributed by atoms with Gasteiger partial charge in [0.05, 0.1) is 9.75 Å². The maximum atomic E-state index is 7.27. The molecule has 4 rings (SSSR count). The van der Waals surface area contributed by atoms with Crippen molar-refractivity contribution in [1.29, 1.82) is 0 Å². The first-order chi connectivity index (χ1) is 15.5. The lowest BCUT2D eigenvalue weighted by molar-refractivity contribution is 0.262. The first kappa shape index (κ1) is 24.1. The Bertz CT molecular complexity index is 810. The molecule has 2 aromatic carbocycles. The van der Waals surface area contributed by atoms with E-state index in [1.165, 1.54) is 54.4 Å². The van der Waals surface area contributed by atoms with Crippen LogP contribution in [0.15, 0.2) is 48.5 Å². The predicted molar refractivity (Wildman–Crippen MR) is 139 cm³/mol. The molecule has 0 unspecified atom stereocenters. The van der Waals surface area contributed by atoms with Crippen molar-refractivity contribution in [3.8, 4) is 0 Å². The molecular weight excluding hydrogens is 433 g/mol. The van der Waals surface area contributed by atoms with Crippen LogP contribution in [0, 0.1) is 0 Å². The van der Waals surface area contributed by atoms with Crippen molar-refractivity contribution in [2.75, 3.05) is 13.1 Å². The summed E-state index contributed by atoms with van der Waals surface area (Å²) in [6.07, 6.45) is 12.7. The van der Waals surface area contributed by atoms with E-state index in [-0.39, 0.29) is 9.75 Å². The van der Waals surface area contributed by atoms with E-state index in [0.717, 1.165) is 58.2 Å². The van der Waals surface area contributed by atoms with Gasteiger partial charge in [0.1, 0.15) is 0 Å². The van der Waals surface area contributed by atoms with Crippen LogP contribution in [0.25, 0.3) is 0 Å². The van der Waals surface area contributed by atoms with E-state index in [4.69, 9.17) is 23.2 Å². The first-order valence-corrected chi connectivity index (χ1v) is 13.6. The second-order valence-electron chi connectivity index (χ2n) is 10.0. The summed E-state index contributed by atoms with van der Waals surface area (Å²) in [6.45, 7) is 5.56. The molecule has 0 aromatic heterocycles. The predicted octanol–water partition coefficient (Wildman–Crippen LogP) is 8.55. The maximum Gasteiger partial charge on any atom is 0.0697 e. The fourth-order valence-corrected chi connectivity index (χ4v) is 6.90. The van der Waals surface area contributed by atoms with Crippen LogP contribution in [0.1, 0.15) is 93.4 Å². The number of halogens is 2. The Morgan fingerprint density at radius 1 is 0.750 bits per heavy atom. The fraction of sp³-hybridized carbons (Fsp3) is 0.586. The molecule has 2 aliphatic rings. The average molecular weight is 473 g/mol. The molecule has 0 N–H and O–H groups in total. The van der Waals surface area contributed by atoms with E-state index in [2.05, 4.69) is 60.4 Å². The molecule has 0 bridgehead atoms. The van der Waals surface area contributed by atoms with Gasteiger partial charge in [-0.2, -0.15) is 0 Å². The van der Waals surface area contributed by atoms with Gasteiger partial charge in [-0.1, -0.05) is 81.1 Å². The van der Waals surface area contributed by atoms with Crippen molar-refractivity contribution in [2.45, 2.75) is 93.8 Å². The van der Waals surface area contributed by atoms with Crippen molar-refractivity contribution in [3.05, 3.63) is 70.8 Å². The Morgan fingerprint density at radius 2 is 1.31 bits per heavy atom. The highest BCUT2D eigenvalue weighted by atomic mass is 35.5. The monoisotopic (exact) mass is 471 g/mol. The van der Waals surface area contributed by atoms with Crippen LogP contribution in [-0.4, -0.2) is 18.0 Å². The standard InChI is InChI=1S/C29H39Cl2N/c1-2-21-32(23-24-12-4-3-5-13-24)22-11-14-25-26(28(30)17-6-7-18-28)15-10-16-27(25)29(31)19-8-9-20-29/h3-5,10,12-13,15-16H,2,6-9,11,14,17-23H2,1H3. The van der Waals surface area contributed by atoms with Gasteiger partial charge in [0.15, 0.2) is 0 Å². The average Bonchev–Trinajstić information content (AvgIpc) is 3.44. The summed E-state index contributed by atoms with van der Waals surface area (Å²) in [5.41, 5.74) is 5.63. The summed E-state index contributed by atoms with van der Waals surface area (Å²) in [5, 5.41) is 0. The molecule has 1 nitrogen and oxygen atoms in total. The van der Waals surface area contributed by atoms with E-state index < -0.39 is 0 Å². The van der Waals surface area contributed by atoms with Crippen LogP contribution in [0.3, 0.4) is 0 Å². The molecule has 0 atom stereocenters. The Balaban J connectivity index is 1.54. The van der Waals surface area contributed by atoms with Gasteiger partial charge in [-0.3, -0.25) is 4.90 Å². The minimum atomic E-state index is -0.190. The fourth-order valence-electron chi connectivity index (χ4n) is 6.01. The molecule has 0 amide bonds. The number of alkyl halides is 2. The minimum Gasteiger partial charge on any atom is -0.299 e. The van der Waals surface area contributed by atoms with E-state index in [9.17, 15) is 0 Å². The van der Waals surface area contributed by atoms with Gasteiger partial charge in [0.2, 0.25) is 0 Å². The number of hydrogen-bond acceptors (Lipinski definition) is 1. The van der Waals surface area contributed by atoms with E-state index in [1.807, 2.05) is 0 Å². The van der Waals surface area contributed by atoms with E-state index in [1.54, 1.807) is 0 Å². The molecule has 174 valence electrons. The molecule has 0 aliphatic heterocycles. The molecule has 2 aliphatic carbocycles. The summed E-state index contributed by atoms with van der Waals surface area (Å²) in [6, 6.07) is 17.7. The molecule has 0 saturated heterocycles. The van der Waals surface area contributed by atoms with Crippen molar-refractivity contribution in [3.63, 3.8) is 0 Å². The van der Waals surface area contributed by atoms with Crippen molar-refractivity contribution < 1.29 is 0 Å². The quantitative estimate of drug-likeness (QED) is 0.313. The smallest absolute Gasteiger partial charge is 0.0697 e. The molecular formula is C29H39Cl2N. The third kappa shape index (κ3) is 5.54. The van der Waals surface area contributed by atoms with E-state index in [0.29, 0.717) is 0 Å². The van der Waals surface area contributed by atoms with Crippen molar-refractivity contribution >= 4 is 23.2 Å². The summed E-state index contributed by atoms with van der Waals surface area (Å²) < 4.78 is 0. The molecule has 32 heavy (non-hydrogen) atoms. The Morgan fingerprint density at radius 3 is 1.84 bits per heavy atom. The van der Waals surface area contributed by atoms with Crippen LogP contribution >= 0.6 is 23.2 Å². The highest BCUT2D eigenvalue weighted by molar-refractivity contribution is 6.25. The van der Waals surface area contributed by atoms with Gasteiger partial charge in [-0.15, -0.1) is 23.2 Å². The summed E-state index contributed by atoms with van der Waals surface area (Å²) >= 11 is 14.5. The molecule has 2 saturated carbocycles. The molecule has 0 heterocycles. The summed E-state index contributed by atoms with van der Waals surface area (Å²) in [7, 11) is 0. The largest absolute Gasteiger partial charge is 0.299 e. The molecule has 2 aromatic rings. The van der Waals surface area contributed by atoms with Gasteiger partial charge >= 0.3 is 0 Å². The zero-order valence-electron chi connectivity index (χ0n) is 19.7. The maximum absolute atomic E-state index is 7.27. The normalized spacial score (nSPS) is 19.6. The van der Waals surface area contributed by atoms with Crippen LogP contribution in [0.4, 0.5) is 0 Å². The van der Waals surface area contributed by atoms with Crippen LogP contribution in [0.5, 0.6) is 0 Å². The first-order valence-electron chi connectivity index (χ1n) is 12.8. The Kier molecular flexibility index (Phi) is 8.24. The zero-order valence-corrected chi connectivity index (χ0v) is 21.2.